The van der Waals surface area contributed by atoms with E-state index in [0.717, 1.165) is 6.07 Å². The predicted octanol–water partition coefficient (Wildman–Crippen LogP) is 2.37. The zero-order valence-corrected chi connectivity index (χ0v) is 14.4. The fraction of sp³-hybridized carbons (Fsp3) is 0.133. The number of carbonyl (C=O) groups is 3. The van der Waals surface area contributed by atoms with E-state index in [2.05, 4.69) is 26.0 Å². The number of anilines is 1. The first-order valence-electron chi connectivity index (χ1n) is 6.90. The third-order valence-electron chi connectivity index (χ3n) is 2.86. The molecule has 2 N–H and O–H groups in total. The molecule has 1 aromatic heterocycles. The van der Waals surface area contributed by atoms with Crippen molar-refractivity contribution in [2.24, 2.45) is 0 Å². The number of benzene rings is 1. The molecule has 26 heavy (non-hydrogen) atoms. The van der Waals surface area contributed by atoms with Gasteiger partial charge in [0.25, 0.3) is 5.91 Å². The second-order valence-electron chi connectivity index (χ2n) is 4.73. The average Bonchev–Trinajstić information content (AvgIpc) is 3.05. The Hall–Kier alpha value is -2.82. The van der Waals surface area contributed by atoms with Crippen LogP contribution in [-0.4, -0.2) is 30.9 Å². The summed E-state index contributed by atoms with van der Waals surface area (Å²) in [6.07, 6.45) is 0. The fourth-order valence-corrected chi connectivity index (χ4v) is 1.98. The molecule has 1 heterocycles. The average molecular weight is 435 g/mol. The van der Waals surface area contributed by atoms with E-state index >= 15 is 0 Å². The number of amides is 2. The summed E-state index contributed by atoms with van der Waals surface area (Å²) in [7, 11) is 0. The summed E-state index contributed by atoms with van der Waals surface area (Å²) in [6, 6.07) is 4.25. The Morgan fingerprint density at radius 2 is 1.77 bits per heavy atom. The van der Waals surface area contributed by atoms with Crippen LogP contribution in [0, 0.1) is 17.5 Å². The van der Waals surface area contributed by atoms with Gasteiger partial charge in [0.1, 0.15) is 0 Å². The van der Waals surface area contributed by atoms with E-state index in [-0.39, 0.29) is 5.76 Å². The standard InChI is InChI=1S/C15H10BrF3N2O5/c16-10-4-3-9(26-10)15(24)25-6-12(23)20-5-11(22)21-8-2-1-7(17)13(18)14(8)19/h1-4H,5-6H2,(H,20,23)(H,21,22). The quantitative estimate of drug-likeness (QED) is 0.537. The van der Waals surface area contributed by atoms with E-state index in [4.69, 9.17) is 4.42 Å². The molecule has 0 radical (unpaired) electrons. The maximum absolute atomic E-state index is 13.4. The second-order valence-corrected chi connectivity index (χ2v) is 5.51. The summed E-state index contributed by atoms with van der Waals surface area (Å²) >= 11 is 2.99. The predicted molar refractivity (Wildman–Crippen MR) is 84.6 cm³/mol. The lowest BCUT2D eigenvalue weighted by molar-refractivity contribution is -0.126. The minimum atomic E-state index is -1.73. The Bertz CT molecular complexity index is 856. The largest absolute Gasteiger partial charge is 0.450 e. The minimum absolute atomic E-state index is 0.128. The summed E-state index contributed by atoms with van der Waals surface area (Å²) in [5.41, 5.74) is -0.585. The number of rotatable bonds is 6. The van der Waals surface area contributed by atoms with Crippen LogP contribution in [0.4, 0.5) is 18.9 Å². The molecule has 0 spiro atoms. The molecule has 0 saturated heterocycles. The van der Waals surface area contributed by atoms with E-state index in [1.807, 2.05) is 5.32 Å². The molecule has 0 bridgehead atoms. The molecule has 1 aromatic carbocycles. The minimum Gasteiger partial charge on any atom is -0.450 e. The van der Waals surface area contributed by atoms with Gasteiger partial charge in [-0.25, -0.2) is 18.0 Å². The Morgan fingerprint density at radius 1 is 1.04 bits per heavy atom. The topological polar surface area (TPSA) is 97.6 Å². The van der Waals surface area contributed by atoms with Gasteiger partial charge in [-0.2, -0.15) is 0 Å². The summed E-state index contributed by atoms with van der Waals surface area (Å²) in [4.78, 5) is 34.6. The monoisotopic (exact) mass is 434 g/mol. The molecule has 0 atom stereocenters. The van der Waals surface area contributed by atoms with Crippen molar-refractivity contribution >= 4 is 39.4 Å². The normalized spacial score (nSPS) is 10.3. The summed E-state index contributed by atoms with van der Waals surface area (Å²) < 4.78 is 49.1. The number of hydrogen-bond donors (Lipinski definition) is 2. The third kappa shape index (κ3) is 5.09. The smallest absolute Gasteiger partial charge is 0.374 e. The first kappa shape index (κ1) is 19.5. The molecule has 0 aliphatic rings. The Morgan fingerprint density at radius 3 is 2.42 bits per heavy atom. The molecule has 0 aliphatic heterocycles. The van der Waals surface area contributed by atoms with E-state index < -0.39 is 54.1 Å². The number of esters is 1. The van der Waals surface area contributed by atoms with Crippen molar-refractivity contribution in [3.05, 3.63) is 52.1 Å². The zero-order chi connectivity index (χ0) is 19.3. The van der Waals surface area contributed by atoms with Crippen LogP contribution in [0.15, 0.2) is 33.4 Å². The molecule has 2 rings (SSSR count). The van der Waals surface area contributed by atoms with E-state index in [9.17, 15) is 27.6 Å². The van der Waals surface area contributed by atoms with E-state index in [0.29, 0.717) is 10.7 Å². The first-order chi connectivity index (χ1) is 12.3. The van der Waals surface area contributed by atoms with Gasteiger partial charge < -0.3 is 19.8 Å². The Balaban J connectivity index is 1.77. The van der Waals surface area contributed by atoms with E-state index in [1.54, 1.807) is 0 Å². The van der Waals surface area contributed by atoms with Crippen molar-refractivity contribution in [2.45, 2.75) is 0 Å². The SMILES string of the molecule is O=C(COC(=O)c1ccc(Br)o1)NCC(=O)Nc1ccc(F)c(F)c1F. The lowest BCUT2D eigenvalue weighted by Crippen LogP contribution is -2.35. The number of hydrogen-bond acceptors (Lipinski definition) is 5. The maximum atomic E-state index is 13.4. The van der Waals surface area contributed by atoms with Crippen molar-refractivity contribution in [2.75, 3.05) is 18.5 Å². The number of ether oxygens (including phenoxy) is 1. The highest BCUT2D eigenvalue weighted by atomic mass is 79.9. The van der Waals surface area contributed by atoms with Crippen molar-refractivity contribution in [3.8, 4) is 0 Å². The van der Waals surface area contributed by atoms with Gasteiger partial charge in [-0.1, -0.05) is 0 Å². The van der Waals surface area contributed by atoms with Crippen LogP contribution < -0.4 is 10.6 Å². The molecule has 2 aromatic rings. The van der Waals surface area contributed by atoms with Crippen LogP contribution in [0.25, 0.3) is 0 Å². The van der Waals surface area contributed by atoms with Crippen molar-refractivity contribution in [1.82, 2.24) is 5.32 Å². The highest BCUT2D eigenvalue weighted by molar-refractivity contribution is 9.10. The molecule has 0 fully saturated rings. The number of furan rings is 1. The van der Waals surface area contributed by atoms with Gasteiger partial charge in [-0.05, 0) is 40.2 Å². The molecule has 11 heteroatoms. The van der Waals surface area contributed by atoms with Gasteiger partial charge in [0.05, 0.1) is 12.2 Å². The van der Waals surface area contributed by atoms with Crippen molar-refractivity contribution in [1.29, 1.82) is 0 Å². The summed E-state index contributed by atoms with van der Waals surface area (Å²) in [5.74, 6) is -7.43. The summed E-state index contributed by atoms with van der Waals surface area (Å²) in [5, 5.41) is 4.07. The van der Waals surface area contributed by atoms with Crippen LogP contribution in [-0.2, 0) is 14.3 Å². The molecule has 2 amide bonds. The molecule has 138 valence electrons. The molecular weight excluding hydrogens is 425 g/mol. The van der Waals surface area contributed by atoms with Crippen LogP contribution in [0.1, 0.15) is 10.6 Å². The maximum Gasteiger partial charge on any atom is 0.374 e. The van der Waals surface area contributed by atoms with Crippen LogP contribution >= 0.6 is 15.9 Å². The molecule has 0 saturated carbocycles. The highest BCUT2D eigenvalue weighted by Gasteiger charge is 2.17. The zero-order valence-electron chi connectivity index (χ0n) is 12.8. The fourth-order valence-electron chi connectivity index (χ4n) is 1.67. The van der Waals surface area contributed by atoms with Crippen LogP contribution in [0.5, 0.6) is 0 Å². The number of halogens is 4. The van der Waals surface area contributed by atoms with Gasteiger partial charge in [-0.15, -0.1) is 0 Å². The molecule has 7 nitrogen and oxygen atoms in total. The lowest BCUT2D eigenvalue weighted by atomic mass is 10.2. The Kier molecular flexibility index (Phi) is 6.39. The first-order valence-corrected chi connectivity index (χ1v) is 7.69. The highest BCUT2D eigenvalue weighted by Crippen LogP contribution is 2.19. The van der Waals surface area contributed by atoms with E-state index in [1.165, 1.54) is 12.1 Å². The molecule has 0 aliphatic carbocycles. The van der Waals surface area contributed by atoms with Crippen molar-refractivity contribution in [3.63, 3.8) is 0 Å². The third-order valence-corrected chi connectivity index (χ3v) is 3.29. The second kappa shape index (κ2) is 8.52. The van der Waals surface area contributed by atoms with Crippen LogP contribution in [0.2, 0.25) is 0 Å². The van der Waals surface area contributed by atoms with Gasteiger partial charge in [-0.3, -0.25) is 9.59 Å². The lowest BCUT2D eigenvalue weighted by Gasteiger charge is -2.08. The molecule has 0 unspecified atom stereocenters. The number of nitrogens with one attached hydrogen (secondary N) is 2. The van der Waals surface area contributed by atoms with Crippen molar-refractivity contribution < 1.29 is 36.7 Å². The van der Waals surface area contributed by atoms with Gasteiger partial charge in [0.15, 0.2) is 28.7 Å². The van der Waals surface area contributed by atoms with Gasteiger partial charge in [0.2, 0.25) is 11.7 Å². The summed E-state index contributed by atoms with van der Waals surface area (Å²) in [6.45, 7) is -1.30. The van der Waals surface area contributed by atoms with Gasteiger partial charge in [0, 0.05) is 0 Å². The van der Waals surface area contributed by atoms with Gasteiger partial charge >= 0.3 is 5.97 Å². The number of carbonyl (C=O) groups excluding carboxylic acids is 3. The molecular formula is C15H10BrF3N2O5. The Labute approximate surface area is 152 Å². The van der Waals surface area contributed by atoms with Crippen LogP contribution in [0.3, 0.4) is 0 Å².